The van der Waals surface area contributed by atoms with Crippen LogP contribution in [0.5, 0.6) is 11.5 Å². The molecule has 3 aromatic rings. The van der Waals surface area contributed by atoms with Gasteiger partial charge >= 0.3 is 0 Å². The van der Waals surface area contributed by atoms with E-state index in [1.54, 1.807) is 32.4 Å². The predicted octanol–water partition coefficient (Wildman–Crippen LogP) is 3.68. The highest BCUT2D eigenvalue weighted by atomic mass is 35.5. The number of pyridine rings is 1. The summed E-state index contributed by atoms with van der Waals surface area (Å²) in [7, 11) is 3.16. The van der Waals surface area contributed by atoms with Crippen molar-refractivity contribution in [2.75, 3.05) is 20.0 Å². The minimum absolute atomic E-state index is 0. The van der Waals surface area contributed by atoms with Crippen molar-refractivity contribution in [1.82, 2.24) is 9.38 Å². The van der Waals surface area contributed by atoms with Crippen LogP contribution in [-0.4, -0.2) is 23.6 Å². The summed E-state index contributed by atoms with van der Waals surface area (Å²) < 4.78 is 12.5. The van der Waals surface area contributed by atoms with Crippen molar-refractivity contribution in [3.05, 3.63) is 41.7 Å². The van der Waals surface area contributed by atoms with Gasteiger partial charge in [0.15, 0.2) is 0 Å². The monoisotopic (exact) mass is 339 g/mol. The number of fused-ring (bicyclic) bond motifs is 1. The number of imidazole rings is 1. The number of ether oxygens (including phenoxy) is 2. The molecule has 0 unspecified atom stereocenters. The van der Waals surface area contributed by atoms with Crippen LogP contribution in [-0.2, 0) is 0 Å². The number of rotatable bonds is 3. The molecular weight excluding hydrogens is 325 g/mol. The molecule has 5 nitrogen and oxygen atoms in total. The Morgan fingerprint density at radius 1 is 1.14 bits per heavy atom. The third-order valence-electron chi connectivity index (χ3n) is 3.23. The van der Waals surface area contributed by atoms with Gasteiger partial charge in [0.25, 0.3) is 0 Å². The number of hydrogen-bond acceptors (Lipinski definition) is 4. The number of benzene rings is 1. The van der Waals surface area contributed by atoms with E-state index in [-0.39, 0.29) is 12.4 Å². The molecule has 22 heavy (non-hydrogen) atoms. The van der Waals surface area contributed by atoms with E-state index in [0.717, 1.165) is 16.9 Å². The average Bonchev–Trinajstić information content (AvgIpc) is 2.89. The molecule has 2 heterocycles. The van der Waals surface area contributed by atoms with Gasteiger partial charge in [-0.2, -0.15) is 0 Å². The number of aromatic nitrogens is 2. The zero-order valence-electron chi connectivity index (χ0n) is 12.0. The van der Waals surface area contributed by atoms with Crippen LogP contribution in [0.2, 0.25) is 5.02 Å². The molecule has 0 aliphatic heterocycles. The first-order valence-electron chi connectivity index (χ1n) is 6.28. The number of nitrogens with zero attached hydrogens (tertiary/aromatic N) is 2. The van der Waals surface area contributed by atoms with Crippen LogP contribution < -0.4 is 15.2 Å². The van der Waals surface area contributed by atoms with Gasteiger partial charge in [0.2, 0.25) is 0 Å². The fourth-order valence-corrected chi connectivity index (χ4v) is 2.43. The van der Waals surface area contributed by atoms with Crippen molar-refractivity contribution in [3.8, 4) is 22.8 Å². The van der Waals surface area contributed by atoms with Crippen LogP contribution in [0, 0.1) is 0 Å². The van der Waals surface area contributed by atoms with E-state index in [1.807, 2.05) is 22.9 Å². The number of methoxy groups -OCH3 is 2. The van der Waals surface area contributed by atoms with E-state index in [1.165, 1.54) is 0 Å². The van der Waals surface area contributed by atoms with Gasteiger partial charge in [-0.25, -0.2) is 4.98 Å². The van der Waals surface area contributed by atoms with Gasteiger partial charge in [-0.3, -0.25) is 0 Å². The quantitative estimate of drug-likeness (QED) is 0.790. The summed E-state index contributed by atoms with van der Waals surface area (Å²) in [5, 5.41) is 0.505. The normalized spacial score (nSPS) is 10.3. The van der Waals surface area contributed by atoms with Crippen LogP contribution in [0.3, 0.4) is 0 Å². The Kier molecular flexibility index (Phi) is 4.68. The number of anilines is 1. The van der Waals surface area contributed by atoms with Gasteiger partial charge in [-0.15, -0.1) is 12.4 Å². The zero-order valence-corrected chi connectivity index (χ0v) is 13.6. The van der Waals surface area contributed by atoms with E-state index in [0.29, 0.717) is 22.2 Å². The SMILES string of the molecule is COc1cc(OC)c(-c2cn3ccc(N)cc3n2)cc1Cl.Cl. The summed E-state index contributed by atoms with van der Waals surface area (Å²) in [5.74, 6) is 1.21. The maximum Gasteiger partial charge on any atom is 0.141 e. The van der Waals surface area contributed by atoms with E-state index in [2.05, 4.69) is 4.98 Å². The lowest BCUT2D eigenvalue weighted by Gasteiger charge is -2.10. The molecule has 0 saturated heterocycles. The zero-order chi connectivity index (χ0) is 15.0. The minimum Gasteiger partial charge on any atom is -0.496 e. The molecule has 1 aromatic carbocycles. The van der Waals surface area contributed by atoms with E-state index in [9.17, 15) is 0 Å². The molecule has 0 amide bonds. The van der Waals surface area contributed by atoms with Crippen LogP contribution in [0.1, 0.15) is 0 Å². The van der Waals surface area contributed by atoms with Crippen molar-refractivity contribution in [2.24, 2.45) is 0 Å². The largest absolute Gasteiger partial charge is 0.496 e. The molecule has 0 spiro atoms. The topological polar surface area (TPSA) is 61.8 Å². The smallest absolute Gasteiger partial charge is 0.141 e. The van der Waals surface area contributed by atoms with Gasteiger partial charge < -0.3 is 19.6 Å². The Morgan fingerprint density at radius 2 is 1.86 bits per heavy atom. The molecule has 0 aliphatic rings. The maximum absolute atomic E-state index is 6.20. The Hall–Kier alpha value is -2.11. The van der Waals surface area contributed by atoms with Gasteiger partial charge in [-0.1, -0.05) is 11.6 Å². The molecule has 0 bridgehead atoms. The number of nitrogens with two attached hydrogens (primary N) is 1. The first-order valence-corrected chi connectivity index (χ1v) is 6.66. The molecule has 0 saturated carbocycles. The van der Waals surface area contributed by atoms with E-state index >= 15 is 0 Å². The summed E-state index contributed by atoms with van der Waals surface area (Å²) in [6.45, 7) is 0. The third-order valence-corrected chi connectivity index (χ3v) is 3.53. The van der Waals surface area contributed by atoms with Crippen molar-refractivity contribution in [3.63, 3.8) is 0 Å². The van der Waals surface area contributed by atoms with Gasteiger partial charge in [0.05, 0.1) is 24.9 Å². The molecular formula is C15H15Cl2N3O2. The second-order valence-corrected chi connectivity index (χ2v) is 4.95. The minimum atomic E-state index is 0. The molecule has 0 atom stereocenters. The lowest BCUT2D eigenvalue weighted by atomic mass is 10.1. The van der Waals surface area contributed by atoms with Crippen molar-refractivity contribution in [2.45, 2.75) is 0 Å². The van der Waals surface area contributed by atoms with Crippen molar-refractivity contribution < 1.29 is 9.47 Å². The number of hydrogen-bond donors (Lipinski definition) is 1. The molecule has 2 N–H and O–H groups in total. The van der Waals surface area contributed by atoms with Crippen LogP contribution in [0.25, 0.3) is 16.9 Å². The predicted molar refractivity (Wildman–Crippen MR) is 90.4 cm³/mol. The van der Waals surface area contributed by atoms with Crippen molar-refractivity contribution >= 4 is 35.3 Å². The highest BCUT2D eigenvalue weighted by molar-refractivity contribution is 6.32. The second-order valence-electron chi connectivity index (χ2n) is 4.54. The lowest BCUT2D eigenvalue weighted by molar-refractivity contribution is 0.395. The lowest BCUT2D eigenvalue weighted by Crippen LogP contribution is -1.91. The number of halogens is 2. The van der Waals surface area contributed by atoms with E-state index < -0.39 is 0 Å². The highest BCUT2D eigenvalue weighted by Crippen LogP contribution is 2.38. The highest BCUT2D eigenvalue weighted by Gasteiger charge is 2.14. The first kappa shape index (κ1) is 16.3. The molecule has 0 fully saturated rings. The summed E-state index contributed by atoms with van der Waals surface area (Å²) in [4.78, 5) is 4.55. The third kappa shape index (κ3) is 2.77. The summed E-state index contributed by atoms with van der Waals surface area (Å²) in [5.41, 5.74) is 8.75. The Labute approximate surface area is 139 Å². The summed E-state index contributed by atoms with van der Waals surface area (Å²) in [6.07, 6.45) is 3.76. The summed E-state index contributed by atoms with van der Waals surface area (Å²) in [6, 6.07) is 7.15. The standard InChI is InChI=1S/C15H14ClN3O2.ClH/c1-20-13-7-14(21-2)11(16)6-10(13)12-8-19-4-3-9(17)5-15(19)18-12;/h3-8H,17H2,1-2H3;1H. The van der Waals surface area contributed by atoms with E-state index in [4.69, 9.17) is 26.8 Å². The molecule has 0 aliphatic carbocycles. The Morgan fingerprint density at radius 3 is 2.55 bits per heavy atom. The molecule has 7 heteroatoms. The van der Waals surface area contributed by atoms with Gasteiger partial charge in [0, 0.05) is 35.8 Å². The second kappa shape index (κ2) is 6.34. The molecule has 3 rings (SSSR count). The Balaban J connectivity index is 0.00000176. The molecule has 0 radical (unpaired) electrons. The molecule has 116 valence electrons. The van der Waals surface area contributed by atoms with Crippen LogP contribution >= 0.6 is 24.0 Å². The van der Waals surface area contributed by atoms with Crippen LogP contribution in [0.4, 0.5) is 5.69 Å². The average molecular weight is 340 g/mol. The van der Waals surface area contributed by atoms with Gasteiger partial charge in [-0.05, 0) is 12.1 Å². The van der Waals surface area contributed by atoms with Crippen molar-refractivity contribution in [1.29, 1.82) is 0 Å². The first-order chi connectivity index (χ1) is 10.1. The Bertz CT molecular complexity index is 818. The van der Waals surface area contributed by atoms with Crippen LogP contribution in [0.15, 0.2) is 36.7 Å². The summed E-state index contributed by atoms with van der Waals surface area (Å²) >= 11 is 6.20. The van der Waals surface area contributed by atoms with Gasteiger partial charge in [0.1, 0.15) is 17.1 Å². The fraction of sp³-hybridized carbons (Fsp3) is 0.133. The maximum atomic E-state index is 6.20. The fourth-order valence-electron chi connectivity index (χ4n) is 2.19. The molecule has 2 aromatic heterocycles. The number of nitrogen functional groups attached to an aromatic ring is 1.